The van der Waals surface area contributed by atoms with Gasteiger partial charge in [-0.2, -0.15) is 0 Å². The van der Waals surface area contributed by atoms with E-state index in [4.69, 9.17) is 5.73 Å². The molecule has 7 heteroatoms. The lowest BCUT2D eigenvalue weighted by atomic mass is 10.2. The molecule has 0 aliphatic carbocycles. The summed E-state index contributed by atoms with van der Waals surface area (Å²) in [5.41, 5.74) is 7.14. The first-order valence-corrected chi connectivity index (χ1v) is 7.42. The molecule has 0 unspecified atom stereocenters. The predicted molar refractivity (Wildman–Crippen MR) is 79.0 cm³/mol. The standard InChI is InChI=1S/C12H12N4OS2/c1-6-7(2)19-11-9(6)10(13)14-8(15-11)5-16-3-4-18-12(16)17/h3-4H,5H2,1-2H3,(H2,13,14,15). The van der Waals surface area contributed by atoms with Gasteiger partial charge < -0.3 is 5.73 Å². The molecule has 19 heavy (non-hydrogen) atoms. The maximum absolute atomic E-state index is 11.5. The second-order valence-electron chi connectivity index (χ2n) is 4.29. The first-order valence-electron chi connectivity index (χ1n) is 5.72. The van der Waals surface area contributed by atoms with E-state index in [2.05, 4.69) is 9.97 Å². The van der Waals surface area contributed by atoms with Crippen molar-refractivity contribution in [3.63, 3.8) is 0 Å². The van der Waals surface area contributed by atoms with Crippen LogP contribution >= 0.6 is 22.7 Å². The van der Waals surface area contributed by atoms with E-state index in [9.17, 15) is 4.79 Å². The monoisotopic (exact) mass is 292 g/mol. The zero-order valence-electron chi connectivity index (χ0n) is 10.5. The van der Waals surface area contributed by atoms with Crippen LogP contribution in [0.2, 0.25) is 0 Å². The molecule has 3 aromatic heterocycles. The van der Waals surface area contributed by atoms with Gasteiger partial charge in [-0.3, -0.25) is 9.36 Å². The zero-order chi connectivity index (χ0) is 13.6. The molecule has 0 saturated carbocycles. The number of nitrogens with two attached hydrogens (primary N) is 1. The highest BCUT2D eigenvalue weighted by Gasteiger charge is 2.13. The molecule has 2 N–H and O–H groups in total. The molecule has 5 nitrogen and oxygen atoms in total. The lowest BCUT2D eigenvalue weighted by Crippen LogP contribution is -2.15. The molecule has 0 fully saturated rings. The van der Waals surface area contributed by atoms with Crippen LogP contribution in [0, 0.1) is 13.8 Å². The van der Waals surface area contributed by atoms with Crippen LogP contribution in [0.25, 0.3) is 10.2 Å². The van der Waals surface area contributed by atoms with Gasteiger partial charge in [0.2, 0.25) is 0 Å². The third-order valence-corrected chi connectivity index (χ3v) is 4.85. The summed E-state index contributed by atoms with van der Waals surface area (Å²) < 4.78 is 1.58. The zero-order valence-corrected chi connectivity index (χ0v) is 12.1. The van der Waals surface area contributed by atoms with Crippen molar-refractivity contribution in [1.29, 1.82) is 0 Å². The molecule has 98 valence electrons. The van der Waals surface area contributed by atoms with Crippen molar-refractivity contribution in [2.75, 3.05) is 5.73 Å². The van der Waals surface area contributed by atoms with E-state index in [-0.39, 0.29) is 4.87 Å². The molecule has 3 aromatic rings. The molecule has 3 rings (SSSR count). The molecule has 0 bridgehead atoms. The van der Waals surface area contributed by atoms with Crippen LogP contribution < -0.4 is 10.6 Å². The van der Waals surface area contributed by atoms with Crippen molar-refractivity contribution in [2.24, 2.45) is 0 Å². The van der Waals surface area contributed by atoms with Crippen molar-refractivity contribution < 1.29 is 0 Å². The average molecular weight is 292 g/mol. The summed E-state index contributed by atoms with van der Waals surface area (Å²) in [6.07, 6.45) is 1.74. The molecule has 3 heterocycles. The lowest BCUT2D eigenvalue weighted by molar-refractivity contribution is 0.740. The Morgan fingerprint density at radius 3 is 2.84 bits per heavy atom. The molecule has 0 saturated heterocycles. The van der Waals surface area contributed by atoms with Gasteiger partial charge in [0.05, 0.1) is 11.9 Å². The number of rotatable bonds is 2. The van der Waals surface area contributed by atoms with E-state index < -0.39 is 0 Å². The summed E-state index contributed by atoms with van der Waals surface area (Å²) in [4.78, 5) is 22.4. The number of aromatic nitrogens is 3. The summed E-state index contributed by atoms with van der Waals surface area (Å²) in [5, 5.41) is 2.69. The van der Waals surface area contributed by atoms with Gasteiger partial charge in [-0.05, 0) is 19.4 Å². The van der Waals surface area contributed by atoms with Crippen LogP contribution in [0.3, 0.4) is 0 Å². The molecule has 0 amide bonds. The number of nitrogens with zero attached hydrogens (tertiary/aromatic N) is 3. The Bertz CT molecular complexity index is 815. The fraction of sp³-hybridized carbons (Fsp3) is 0.250. The number of aryl methyl sites for hydroxylation is 2. The van der Waals surface area contributed by atoms with E-state index >= 15 is 0 Å². The fourth-order valence-corrected chi connectivity index (χ4v) is 3.60. The van der Waals surface area contributed by atoms with Crippen LogP contribution in [-0.4, -0.2) is 14.5 Å². The Balaban J connectivity index is 2.11. The molecule has 0 aliphatic heterocycles. The Hall–Kier alpha value is -1.73. The van der Waals surface area contributed by atoms with Crippen LogP contribution in [0.15, 0.2) is 16.4 Å². The van der Waals surface area contributed by atoms with Gasteiger partial charge in [0, 0.05) is 16.5 Å². The Morgan fingerprint density at radius 2 is 2.16 bits per heavy atom. The third kappa shape index (κ3) is 2.04. The second kappa shape index (κ2) is 4.43. The van der Waals surface area contributed by atoms with Crippen molar-refractivity contribution in [1.82, 2.24) is 14.5 Å². The quantitative estimate of drug-likeness (QED) is 0.785. The van der Waals surface area contributed by atoms with E-state index in [0.29, 0.717) is 18.2 Å². The van der Waals surface area contributed by atoms with Crippen LogP contribution in [0.4, 0.5) is 5.82 Å². The van der Waals surface area contributed by atoms with Crippen molar-refractivity contribution in [3.8, 4) is 0 Å². The van der Waals surface area contributed by atoms with Crippen LogP contribution in [0.5, 0.6) is 0 Å². The molecule has 0 aromatic carbocycles. The highest BCUT2D eigenvalue weighted by molar-refractivity contribution is 7.18. The van der Waals surface area contributed by atoms with Crippen molar-refractivity contribution >= 4 is 38.7 Å². The second-order valence-corrected chi connectivity index (χ2v) is 6.35. The van der Waals surface area contributed by atoms with Gasteiger partial charge in [-0.15, -0.1) is 11.3 Å². The third-order valence-electron chi connectivity index (χ3n) is 3.06. The van der Waals surface area contributed by atoms with Gasteiger partial charge in [0.15, 0.2) is 5.82 Å². The normalized spacial score (nSPS) is 11.3. The first kappa shape index (κ1) is 12.3. The SMILES string of the molecule is Cc1sc2nc(Cn3ccsc3=O)nc(N)c2c1C. The number of nitrogen functional groups attached to an aromatic ring is 1. The van der Waals surface area contributed by atoms with Gasteiger partial charge in [0.1, 0.15) is 10.6 Å². The number of thiazole rings is 1. The number of hydrogen-bond acceptors (Lipinski definition) is 6. The van der Waals surface area contributed by atoms with Crippen LogP contribution in [0.1, 0.15) is 16.3 Å². The van der Waals surface area contributed by atoms with Gasteiger partial charge in [-0.25, -0.2) is 9.97 Å². The fourth-order valence-electron chi connectivity index (χ4n) is 1.96. The summed E-state index contributed by atoms with van der Waals surface area (Å²) in [6.45, 7) is 4.43. The molecular weight excluding hydrogens is 280 g/mol. The van der Waals surface area contributed by atoms with Crippen LogP contribution in [-0.2, 0) is 6.54 Å². The topological polar surface area (TPSA) is 73.8 Å². The Morgan fingerprint density at radius 1 is 1.37 bits per heavy atom. The van der Waals surface area contributed by atoms with E-state index in [0.717, 1.165) is 27.1 Å². The van der Waals surface area contributed by atoms with Gasteiger partial charge >= 0.3 is 4.87 Å². The average Bonchev–Trinajstić information content (AvgIpc) is 2.85. The highest BCUT2D eigenvalue weighted by atomic mass is 32.1. The number of fused-ring (bicyclic) bond motifs is 1. The van der Waals surface area contributed by atoms with E-state index in [1.54, 1.807) is 27.5 Å². The predicted octanol–water partition coefficient (Wildman–Crippen LogP) is 2.16. The maximum atomic E-state index is 11.5. The minimum atomic E-state index is -0.0131. The van der Waals surface area contributed by atoms with E-state index in [1.807, 2.05) is 13.8 Å². The Kier molecular flexibility index (Phi) is 2.87. The Labute approximate surface area is 117 Å². The largest absolute Gasteiger partial charge is 0.383 e. The number of thiophene rings is 1. The maximum Gasteiger partial charge on any atom is 0.307 e. The molecule has 0 aliphatic rings. The minimum Gasteiger partial charge on any atom is -0.383 e. The van der Waals surface area contributed by atoms with Gasteiger partial charge in [0.25, 0.3) is 0 Å². The summed E-state index contributed by atoms with van der Waals surface area (Å²) in [7, 11) is 0. The molecular formula is C12H12N4OS2. The number of anilines is 1. The summed E-state index contributed by atoms with van der Waals surface area (Å²) in [5.74, 6) is 1.07. The van der Waals surface area contributed by atoms with Gasteiger partial charge in [-0.1, -0.05) is 11.3 Å². The minimum absolute atomic E-state index is 0.0131. The summed E-state index contributed by atoms with van der Waals surface area (Å²) in [6, 6.07) is 0. The highest BCUT2D eigenvalue weighted by Crippen LogP contribution is 2.31. The number of hydrogen-bond donors (Lipinski definition) is 1. The first-order chi connectivity index (χ1) is 9.06. The van der Waals surface area contributed by atoms with E-state index in [1.165, 1.54) is 4.88 Å². The van der Waals surface area contributed by atoms with Crippen molar-refractivity contribution in [2.45, 2.75) is 20.4 Å². The molecule has 0 spiro atoms. The smallest absolute Gasteiger partial charge is 0.307 e. The lowest BCUT2D eigenvalue weighted by Gasteiger charge is -2.03. The molecule has 0 atom stereocenters. The van der Waals surface area contributed by atoms with Crippen molar-refractivity contribution in [3.05, 3.63) is 37.5 Å². The molecule has 0 radical (unpaired) electrons. The summed E-state index contributed by atoms with van der Waals surface area (Å²) >= 11 is 2.77.